The van der Waals surface area contributed by atoms with Crippen LogP contribution in [0.4, 0.5) is 5.69 Å². The minimum atomic E-state index is -3.56. The molecule has 0 atom stereocenters. The predicted octanol–water partition coefficient (Wildman–Crippen LogP) is 0.933. The third-order valence-electron chi connectivity index (χ3n) is 2.25. The molecule has 0 radical (unpaired) electrons. The molecule has 8 heteroatoms. The van der Waals surface area contributed by atoms with Gasteiger partial charge in [0.1, 0.15) is 0 Å². The number of carboxylic acids is 1. The van der Waals surface area contributed by atoms with Gasteiger partial charge in [-0.05, 0) is 25.1 Å². The van der Waals surface area contributed by atoms with Gasteiger partial charge < -0.3 is 9.84 Å². The Kier molecular flexibility index (Phi) is 4.49. The molecule has 2 N–H and O–H groups in total. The molecule has 0 fully saturated rings. The predicted molar refractivity (Wildman–Crippen MR) is 67.8 cm³/mol. The standard InChI is InChI=1S/C11H13NO6S/c1-3-19(16,17)12-9-5-7(10(13)14)4-8(6-9)11(15)18-2/h4-6,12H,3H2,1-2H3,(H,13,14). The van der Waals surface area contributed by atoms with Crippen molar-refractivity contribution in [2.45, 2.75) is 6.92 Å². The molecule has 0 aromatic heterocycles. The van der Waals surface area contributed by atoms with Crippen molar-refractivity contribution in [1.29, 1.82) is 0 Å². The number of anilines is 1. The number of ether oxygens (including phenoxy) is 1. The molecule has 0 bridgehead atoms. The normalized spacial score (nSPS) is 10.8. The van der Waals surface area contributed by atoms with E-state index in [4.69, 9.17) is 5.11 Å². The molecule has 19 heavy (non-hydrogen) atoms. The molecule has 0 heterocycles. The molecule has 104 valence electrons. The number of methoxy groups -OCH3 is 1. The number of sulfonamides is 1. The van der Waals surface area contributed by atoms with Crippen LogP contribution in [0.3, 0.4) is 0 Å². The van der Waals surface area contributed by atoms with Crippen molar-refractivity contribution in [3.8, 4) is 0 Å². The first kappa shape index (κ1) is 15.0. The molecule has 7 nitrogen and oxygen atoms in total. The van der Waals surface area contributed by atoms with Gasteiger partial charge in [-0.2, -0.15) is 0 Å². The zero-order valence-electron chi connectivity index (χ0n) is 10.3. The minimum absolute atomic E-state index is 0.00199. The lowest BCUT2D eigenvalue weighted by Gasteiger charge is -2.09. The molecule has 0 aliphatic carbocycles. The molecule has 0 spiro atoms. The SMILES string of the molecule is CCS(=O)(=O)Nc1cc(C(=O)O)cc(C(=O)OC)c1. The van der Waals surface area contributed by atoms with E-state index in [1.54, 1.807) is 0 Å². The summed E-state index contributed by atoms with van der Waals surface area (Å²) in [5.41, 5.74) is -0.255. The molecular weight excluding hydrogens is 274 g/mol. The van der Waals surface area contributed by atoms with Gasteiger partial charge >= 0.3 is 11.9 Å². The summed E-state index contributed by atoms with van der Waals surface area (Å²) in [6.07, 6.45) is 0. The summed E-state index contributed by atoms with van der Waals surface area (Å²) >= 11 is 0. The Labute approximate surface area is 110 Å². The van der Waals surface area contributed by atoms with Crippen LogP contribution < -0.4 is 4.72 Å². The highest BCUT2D eigenvalue weighted by Crippen LogP contribution is 2.17. The molecule has 0 saturated heterocycles. The Morgan fingerprint density at radius 3 is 2.32 bits per heavy atom. The van der Waals surface area contributed by atoms with Crippen molar-refractivity contribution in [3.63, 3.8) is 0 Å². The lowest BCUT2D eigenvalue weighted by Crippen LogP contribution is -2.16. The van der Waals surface area contributed by atoms with Gasteiger partial charge in [-0.3, -0.25) is 4.72 Å². The van der Waals surface area contributed by atoms with Gasteiger partial charge in [0.15, 0.2) is 0 Å². The topological polar surface area (TPSA) is 110 Å². The monoisotopic (exact) mass is 287 g/mol. The van der Waals surface area contributed by atoms with E-state index in [-0.39, 0.29) is 22.6 Å². The van der Waals surface area contributed by atoms with Crippen LogP contribution in [0.1, 0.15) is 27.6 Å². The van der Waals surface area contributed by atoms with E-state index >= 15 is 0 Å². The maximum atomic E-state index is 11.4. The maximum Gasteiger partial charge on any atom is 0.337 e. The van der Waals surface area contributed by atoms with Crippen LogP contribution in [-0.4, -0.2) is 38.3 Å². The zero-order chi connectivity index (χ0) is 14.6. The highest BCUT2D eigenvalue weighted by atomic mass is 32.2. The first-order valence-corrected chi connectivity index (χ1v) is 6.91. The van der Waals surface area contributed by atoms with Gasteiger partial charge in [0.05, 0.1) is 29.7 Å². The number of nitrogens with one attached hydrogen (secondary N) is 1. The van der Waals surface area contributed by atoms with Crippen LogP contribution in [0.2, 0.25) is 0 Å². The third-order valence-corrected chi connectivity index (χ3v) is 3.56. The van der Waals surface area contributed by atoms with Crippen molar-refractivity contribution in [3.05, 3.63) is 29.3 Å². The number of esters is 1. The Bertz CT molecular complexity index is 608. The second-order valence-corrected chi connectivity index (χ2v) is 5.61. The first-order valence-electron chi connectivity index (χ1n) is 5.26. The smallest absolute Gasteiger partial charge is 0.337 e. The van der Waals surface area contributed by atoms with Crippen LogP contribution in [0.5, 0.6) is 0 Å². The number of hydrogen-bond donors (Lipinski definition) is 2. The fourth-order valence-corrected chi connectivity index (χ4v) is 1.92. The summed E-state index contributed by atoms with van der Waals surface area (Å²) in [6, 6.07) is 3.45. The first-order chi connectivity index (χ1) is 8.79. The number of rotatable bonds is 5. The molecule has 0 unspecified atom stereocenters. The highest BCUT2D eigenvalue weighted by Gasteiger charge is 2.15. The number of carboxylic acid groups (broad SMARTS) is 1. The van der Waals surface area contributed by atoms with Crippen molar-refractivity contribution < 1.29 is 27.9 Å². The molecule has 1 aromatic carbocycles. The van der Waals surface area contributed by atoms with Gasteiger partial charge in [0.2, 0.25) is 10.0 Å². The maximum absolute atomic E-state index is 11.4. The molecule has 1 aromatic rings. The Hall–Kier alpha value is -2.09. The number of benzene rings is 1. The lowest BCUT2D eigenvalue weighted by atomic mass is 10.1. The van der Waals surface area contributed by atoms with E-state index in [2.05, 4.69) is 9.46 Å². The zero-order valence-corrected chi connectivity index (χ0v) is 11.2. The summed E-state index contributed by atoms with van der Waals surface area (Å²) in [6.45, 7) is 1.44. The Morgan fingerprint density at radius 1 is 1.26 bits per heavy atom. The van der Waals surface area contributed by atoms with E-state index in [0.717, 1.165) is 19.2 Å². The van der Waals surface area contributed by atoms with Crippen LogP contribution in [0, 0.1) is 0 Å². The van der Waals surface area contributed by atoms with Crippen LogP contribution in [0.15, 0.2) is 18.2 Å². The molecule has 0 amide bonds. The molecule has 1 rings (SSSR count). The summed E-state index contributed by atoms with van der Waals surface area (Å²) in [7, 11) is -2.41. The number of carbonyl (C=O) groups excluding carboxylic acids is 1. The Balaban J connectivity index is 3.28. The van der Waals surface area contributed by atoms with Crippen molar-refractivity contribution in [2.75, 3.05) is 17.6 Å². The average Bonchev–Trinajstić information content (AvgIpc) is 2.36. The summed E-state index contributed by atoms with van der Waals surface area (Å²) in [5, 5.41) is 8.91. The summed E-state index contributed by atoms with van der Waals surface area (Å²) in [4.78, 5) is 22.3. The molecule has 0 aliphatic rings. The van der Waals surface area contributed by atoms with Crippen molar-refractivity contribution in [1.82, 2.24) is 0 Å². The number of hydrogen-bond acceptors (Lipinski definition) is 5. The fraction of sp³-hybridized carbons (Fsp3) is 0.273. The van der Waals surface area contributed by atoms with Crippen LogP contribution >= 0.6 is 0 Å². The average molecular weight is 287 g/mol. The lowest BCUT2D eigenvalue weighted by molar-refractivity contribution is 0.0600. The largest absolute Gasteiger partial charge is 0.478 e. The van der Waals surface area contributed by atoms with E-state index in [0.29, 0.717) is 0 Å². The van der Waals surface area contributed by atoms with Crippen LogP contribution in [-0.2, 0) is 14.8 Å². The number of carbonyl (C=O) groups is 2. The second kappa shape index (κ2) is 5.70. The van der Waals surface area contributed by atoms with Gasteiger partial charge in [-0.1, -0.05) is 0 Å². The van der Waals surface area contributed by atoms with Crippen LogP contribution in [0.25, 0.3) is 0 Å². The van der Waals surface area contributed by atoms with Gasteiger partial charge in [0, 0.05) is 0 Å². The molecular formula is C11H13NO6S. The van der Waals surface area contributed by atoms with Gasteiger partial charge in [-0.25, -0.2) is 18.0 Å². The van der Waals surface area contributed by atoms with E-state index in [1.165, 1.54) is 13.0 Å². The fourth-order valence-electron chi connectivity index (χ4n) is 1.30. The van der Waals surface area contributed by atoms with Gasteiger partial charge in [0.25, 0.3) is 0 Å². The second-order valence-electron chi connectivity index (χ2n) is 3.60. The molecule has 0 saturated carbocycles. The van der Waals surface area contributed by atoms with E-state index in [1.807, 2.05) is 0 Å². The number of aromatic carboxylic acids is 1. The minimum Gasteiger partial charge on any atom is -0.478 e. The molecule has 0 aliphatic heterocycles. The Morgan fingerprint density at radius 2 is 1.84 bits per heavy atom. The van der Waals surface area contributed by atoms with Crippen molar-refractivity contribution >= 4 is 27.6 Å². The quantitative estimate of drug-likeness (QED) is 0.780. The van der Waals surface area contributed by atoms with Gasteiger partial charge in [-0.15, -0.1) is 0 Å². The van der Waals surface area contributed by atoms with E-state index < -0.39 is 22.0 Å². The summed E-state index contributed by atoms with van der Waals surface area (Å²) < 4.78 is 29.5. The van der Waals surface area contributed by atoms with Crippen molar-refractivity contribution in [2.24, 2.45) is 0 Å². The third kappa shape index (κ3) is 3.95. The summed E-state index contributed by atoms with van der Waals surface area (Å²) in [5.74, 6) is -2.19. The van der Waals surface area contributed by atoms with E-state index in [9.17, 15) is 18.0 Å². The highest BCUT2D eigenvalue weighted by molar-refractivity contribution is 7.92.